The fourth-order valence-electron chi connectivity index (χ4n) is 4.43. The van der Waals surface area contributed by atoms with Crippen LogP contribution in [0.15, 0.2) is 42.5 Å². The van der Waals surface area contributed by atoms with Gasteiger partial charge in [-0.3, -0.25) is 4.90 Å². The molecule has 1 fully saturated rings. The monoisotopic (exact) mass is 459 g/mol. The molecule has 1 saturated heterocycles. The van der Waals surface area contributed by atoms with Crippen molar-refractivity contribution >= 4 is 6.16 Å². The van der Waals surface area contributed by atoms with Crippen LogP contribution in [0, 0.1) is 5.82 Å². The molecular weight excluding hydrogens is 429 g/mol. The highest BCUT2D eigenvalue weighted by atomic mass is 19.1. The lowest BCUT2D eigenvalue weighted by Crippen LogP contribution is -2.52. The van der Waals surface area contributed by atoms with E-state index in [0.29, 0.717) is 55.2 Å². The van der Waals surface area contributed by atoms with Crippen molar-refractivity contribution in [3.05, 3.63) is 59.4 Å². The lowest BCUT2D eigenvalue weighted by atomic mass is 9.83. The van der Waals surface area contributed by atoms with E-state index in [0.717, 1.165) is 12.8 Å². The maximum Gasteiger partial charge on any atom is 0.513 e. The van der Waals surface area contributed by atoms with Crippen LogP contribution in [0.4, 0.5) is 9.18 Å². The van der Waals surface area contributed by atoms with Crippen LogP contribution in [0.3, 0.4) is 0 Å². The largest absolute Gasteiger partial charge is 0.513 e. The Balaban J connectivity index is 1.37. The molecule has 2 N–H and O–H groups in total. The van der Waals surface area contributed by atoms with E-state index < -0.39 is 17.9 Å². The summed E-state index contributed by atoms with van der Waals surface area (Å²) in [7, 11) is 0. The number of carbonyl (C=O) groups excluding carboxylic acids is 1. The molecule has 2 aliphatic rings. The van der Waals surface area contributed by atoms with Crippen molar-refractivity contribution in [1.82, 2.24) is 4.90 Å². The SMILES string of the molecule is CCCCOC(=O)Oc1ccc2c(c1)OC[C@@H](N1CCC(O)(c3ccc(F)cc3)CC1)[C@H]2O. The van der Waals surface area contributed by atoms with Gasteiger partial charge in [0.2, 0.25) is 0 Å². The molecule has 2 heterocycles. The first-order valence-corrected chi connectivity index (χ1v) is 11.4. The third-order valence-electron chi connectivity index (χ3n) is 6.47. The molecule has 2 aliphatic heterocycles. The molecule has 0 aromatic heterocycles. The highest BCUT2D eigenvalue weighted by molar-refractivity contribution is 5.64. The first kappa shape index (κ1) is 23.5. The second kappa shape index (κ2) is 10.1. The third kappa shape index (κ3) is 5.29. The van der Waals surface area contributed by atoms with E-state index in [4.69, 9.17) is 14.2 Å². The molecule has 0 bridgehead atoms. The van der Waals surface area contributed by atoms with Gasteiger partial charge in [0.25, 0.3) is 0 Å². The molecular formula is C25H30FNO6. The number of aliphatic hydroxyl groups excluding tert-OH is 1. The first-order valence-electron chi connectivity index (χ1n) is 11.4. The average molecular weight is 460 g/mol. The molecule has 0 aliphatic carbocycles. The minimum Gasteiger partial charge on any atom is -0.491 e. The number of carbonyl (C=O) groups is 1. The number of fused-ring (bicyclic) bond motifs is 1. The number of rotatable bonds is 6. The molecule has 2 aromatic rings. The Labute approximate surface area is 192 Å². The second-order valence-corrected chi connectivity index (χ2v) is 8.65. The number of halogens is 1. The van der Waals surface area contributed by atoms with Crippen molar-refractivity contribution < 1.29 is 33.6 Å². The fourth-order valence-corrected chi connectivity index (χ4v) is 4.43. The van der Waals surface area contributed by atoms with Gasteiger partial charge in [-0.05, 0) is 49.1 Å². The smallest absolute Gasteiger partial charge is 0.491 e. The van der Waals surface area contributed by atoms with Crippen molar-refractivity contribution in [2.45, 2.75) is 50.4 Å². The number of hydrogen-bond donors (Lipinski definition) is 2. The Hall–Kier alpha value is -2.68. The standard InChI is InChI=1S/C25H30FNO6/c1-2-3-14-31-24(29)33-19-8-9-20-22(15-19)32-16-21(23(20)28)27-12-10-25(30,11-13-27)17-4-6-18(26)7-5-17/h4-9,15,21,23,28,30H,2-3,10-14,16H2,1H3/t21-,23+/m1/s1. The summed E-state index contributed by atoms with van der Waals surface area (Å²) in [5, 5.41) is 22.1. The highest BCUT2D eigenvalue weighted by Crippen LogP contribution is 2.40. The van der Waals surface area contributed by atoms with Crippen LogP contribution in [0.5, 0.6) is 11.5 Å². The molecule has 2 atom stereocenters. The molecule has 0 spiro atoms. The number of piperidine rings is 1. The molecule has 178 valence electrons. The Morgan fingerprint density at radius 2 is 1.94 bits per heavy atom. The van der Waals surface area contributed by atoms with E-state index in [-0.39, 0.29) is 18.5 Å². The van der Waals surface area contributed by atoms with Gasteiger partial charge in [-0.1, -0.05) is 25.5 Å². The lowest BCUT2D eigenvalue weighted by molar-refractivity contribution is -0.0665. The van der Waals surface area contributed by atoms with E-state index in [1.165, 1.54) is 12.1 Å². The van der Waals surface area contributed by atoms with E-state index >= 15 is 0 Å². The number of aliphatic hydroxyl groups is 2. The Morgan fingerprint density at radius 3 is 2.64 bits per heavy atom. The molecule has 4 rings (SSSR count). The molecule has 0 amide bonds. The van der Waals surface area contributed by atoms with Gasteiger partial charge in [-0.2, -0.15) is 0 Å². The van der Waals surface area contributed by atoms with Gasteiger partial charge in [0.05, 0.1) is 18.2 Å². The van der Waals surface area contributed by atoms with Crippen molar-refractivity contribution in [2.24, 2.45) is 0 Å². The topological polar surface area (TPSA) is 88.5 Å². The summed E-state index contributed by atoms with van der Waals surface area (Å²) >= 11 is 0. The van der Waals surface area contributed by atoms with Crippen LogP contribution in [-0.4, -0.2) is 53.6 Å². The van der Waals surface area contributed by atoms with Crippen LogP contribution in [0.1, 0.15) is 49.8 Å². The Bertz CT molecular complexity index is 958. The zero-order valence-electron chi connectivity index (χ0n) is 18.7. The van der Waals surface area contributed by atoms with Gasteiger partial charge >= 0.3 is 6.16 Å². The summed E-state index contributed by atoms with van der Waals surface area (Å²) in [6.07, 6.45) is 1.09. The van der Waals surface area contributed by atoms with Crippen LogP contribution in [-0.2, 0) is 10.3 Å². The maximum atomic E-state index is 13.2. The normalized spacial score (nSPS) is 22.2. The molecule has 0 saturated carbocycles. The molecule has 33 heavy (non-hydrogen) atoms. The number of unbranched alkanes of at least 4 members (excludes halogenated alkanes) is 1. The predicted molar refractivity (Wildman–Crippen MR) is 119 cm³/mol. The number of ether oxygens (including phenoxy) is 3. The van der Waals surface area contributed by atoms with Gasteiger partial charge in [0.15, 0.2) is 0 Å². The number of hydrogen-bond acceptors (Lipinski definition) is 7. The average Bonchev–Trinajstić information content (AvgIpc) is 2.81. The third-order valence-corrected chi connectivity index (χ3v) is 6.47. The van der Waals surface area contributed by atoms with Crippen LogP contribution in [0.2, 0.25) is 0 Å². The predicted octanol–water partition coefficient (Wildman–Crippen LogP) is 3.92. The van der Waals surface area contributed by atoms with Crippen LogP contribution >= 0.6 is 0 Å². The van der Waals surface area contributed by atoms with Crippen molar-refractivity contribution in [3.63, 3.8) is 0 Å². The van der Waals surface area contributed by atoms with E-state index in [2.05, 4.69) is 4.90 Å². The summed E-state index contributed by atoms with van der Waals surface area (Å²) in [4.78, 5) is 13.9. The van der Waals surface area contributed by atoms with E-state index in [1.807, 2.05) is 6.92 Å². The summed E-state index contributed by atoms with van der Waals surface area (Å²) in [6.45, 7) is 3.72. The van der Waals surface area contributed by atoms with E-state index in [9.17, 15) is 19.4 Å². The molecule has 8 heteroatoms. The minimum absolute atomic E-state index is 0.263. The van der Waals surface area contributed by atoms with Crippen molar-refractivity contribution in [2.75, 3.05) is 26.3 Å². The summed E-state index contributed by atoms with van der Waals surface area (Å²) in [6, 6.07) is 10.6. The first-order chi connectivity index (χ1) is 15.9. The summed E-state index contributed by atoms with van der Waals surface area (Å²) < 4.78 is 29.3. The molecule has 7 nitrogen and oxygen atoms in total. The zero-order valence-corrected chi connectivity index (χ0v) is 18.7. The minimum atomic E-state index is -1.01. The van der Waals surface area contributed by atoms with E-state index in [1.54, 1.807) is 30.3 Å². The summed E-state index contributed by atoms with van der Waals surface area (Å²) in [5.74, 6) is 0.434. The van der Waals surface area contributed by atoms with Crippen LogP contribution < -0.4 is 9.47 Å². The fraction of sp³-hybridized carbons (Fsp3) is 0.480. The molecule has 2 aromatic carbocycles. The van der Waals surface area contributed by atoms with Gasteiger partial charge in [-0.15, -0.1) is 0 Å². The number of benzene rings is 2. The molecule has 0 unspecified atom stereocenters. The highest BCUT2D eigenvalue weighted by Gasteiger charge is 2.40. The molecule has 0 radical (unpaired) electrons. The Kier molecular flexibility index (Phi) is 7.17. The van der Waals surface area contributed by atoms with Crippen LogP contribution in [0.25, 0.3) is 0 Å². The van der Waals surface area contributed by atoms with Crippen molar-refractivity contribution in [3.8, 4) is 11.5 Å². The van der Waals surface area contributed by atoms with Gasteiger partial charge in [0.1, 0.15) is 30.0 Å². The van der Waals surface area contributed by atoms with Gasteiger partial charge < -0.3 is 24.4 Å². The quantitative estimate of drug-likeness (QED) is 0.385. The lowest BCUT2D eigenvalue weighted by Gasteiger charge is -2.44. The van der Waals surface area contributed by atoms with Crippen molar-refractivity contribution in [1.29, 1.82) is 0 Å². The summed E-state index contributed by atoms with van der Waals surface area (Å²) in [5.41, 5.74) is 0.313. The number of nitrogens with zero attached hydrogens (tertiary/aromatic N) is 1. The van der Waals surface area contributed by atoms with Gasteiger partial charge in [-0.25, -0.2) is 9.18 Å². The van der Waals surface area contributed by atoms with Gasteiger partial charge in [0, 0.05) is 24.7 Å². The second-order valence-electron chi connectivity index (χ2n) is 8.65. The number of likely N-dealkylation sites (tertiary alicyclic amines) is 1. The zero-order chi connectivity index (χ0) is 23.4. The Morgan fingerprint density at radius 1 is 1.21 bits per heavy atom. The maximum absolute atomic E-state index is 13.2.